The summed E-state index contributed by atoms with van der Waals surface area (Å²) in [7, 11) is 0. The van der Waals surface area contributed by atoms with Crippen LogP contribution in [0.1, 0.15) is 18.1 Å². The summed E-state index contributed by atoms with van der Waals surface area (Å²) in [5.41, 5.74) is 12.5. The molecule has 0 bridgehead atoms. The van der Waals surface area contributed by atoms with Gasteiger partial charge in [0.2, 0.25) is 5.96 Å². The van der Waals surface area contributed by atoms with Crippen LogP contribution in [0.25, 0.3) is 0 Å². The van der Waals surface area contributed by atoms with Crippen LogP contribution < -0.4 is 20.9 Å². The van der Waals surface area contributed by atoms with E-state index in [1.807, 2.05) is 43.3 Å². The van der Waals surface area contributed by atoms with Gasteiger partial charge in [0.15, 0.2) is 11.5 Å². The Morgan fingerprint density at radius 1 is 1.04 bits per heavy atom. The largest absolute Gasteiger partial charge is 0.490 e. The quantitative estimate of drug-likeness (QED) is 0.442. The lowest BCUT2D eigenvalue weighted by atomic mass is 10.2. The van der Waals surface area contributed by atoms with Gasteiger partial charge in [-0.3, -0.25) is 0 Å². The lowest BCUT2D eigenvalue weighted by molar-refractivity contribution is 0.279. The summed E-state index contributed by atoms with van der Waals surface area (Å²) in [6, 6.07) is 15.8. The van der Waals surface area contributed by atoms with Crippen molar-refractivity contribution >= 4 is 12.2 Å². The summed E-state index contributed by atoms with van der Waals surface area (Å²) in [5.74, 6) is 1.28. The molecular formula is C18H22N4O2. The summed E-state index contributed by atoms with van der Waals surface area (Å²) in [5, 5.41) is 7.36. The van der Waals surface area contributed by atoms with Gasteiger partial charge in [-0.15, -0.1) is 5.10 Å². The molecule has 0 spiro atoms. The highest BCUT2D eigenvalue weighted by molar-refractivity contribution is 5.82. The zero-order valence-electron chi connectivity index (χ0n) is 13.7. The molecule has 2 aromatic carbocycles. The van der Waals surface area contributed by atoms with E-state index in [1.54, 1.807) is 6.21 Å². The van der Waals surface area contributed by atoms with Gasteiger partial charge in [-0.25, -0.2) is 0 Å². The minimum Gasteiger partial charge on any atom is -0.490 e. The number of hydrogen-bond acceptors (Lipinski definition) is 4. The molecule has 0 aromatic heterocycles. The zero-order chi connectivity index (χ0) is 17.2. The van der Waals surface area contributed by atoms with Gasteiger partial charge in [-0.05, 0) is 36.2 Å². The van der Waals surface area contributed by atoms with Gasteiger partial charge in [0.25, 0.3) is 0 Å². The van der Waals surface area contributed by atoms with Crippen LogP contribution in [0.5, 0.6) is 11.5 Å². The third-order valence-corrected chi connectivity index (χ3v) is 3.14. The highest BCUT2D eigenvalue weighted by Gasteiger charge is 2.06. The fourth-order valence-electron chi connectivity index (χ4n) is 2.08. The molecule has 6 heteroatoms. The molecule has 126 valence electrons. The van der Waals surface area contributed by atoms with Crippen molar-refractivity contribution in [3.63, 3.8) is 0 Å². The first kappa shape index (κ1) is 17.3. The molecule has 6 nitrogen and oxygen atoms in total. The van der Waals surface area contributed by atoms with Crippen molar-refractivity contribution in [3.05, 3.63) is 59.7 Å². The van der Waals surface area contributed by atoms with Crippen LogP contribution in [0.3, 0.4) is 0 Å². The molecule has 2 rings (SSSR count). The maximum absolute atomic E-state index is 5.85. The van der Waals surface area contributed by atoms with Crippen LogP contribution in [0.15, 0.2) is 58.7 Å². The Bertz CT molecular complexity index is 695. The molecule has 0 atom stereocenters. The van der Waals surface area contributed by atoms with E-state index in [-0.39, 0.29) is 5.96 Å². The van der Waals surface area contributed by atoms with Crippen LogP contribution in [0.4, 0.5) is 0 Å². The van der Waals surface area contributed by atoms with Gasteiger partial charge in [0, 0.05) is 6.42 Å². The standard InChI is InChI=1S/C18H22N4O2/c1-2-23-17-12-15(13-21-22-18(19)20)8-9-16(17)24-11-10-14-6-4-3-5-7-14/h3-9,12-13H,2,10-11H2,1H3,(H4,19,20,22)/b21-13+. The fourth-order valence-corrected chi connectivity index (χ4v) is 2.08. The number of guanidine groups is 1. The summed E-state index contributed by atoms with van der Waals surface area (Å²) < 4.78 is 11.5. The van der Waals surface area contributed by atoms with Crippen molar-refractivity contribution < 1.29 is 9.47 Å². The monoisotopic (exact) mass is 326 g/mol. The van der Waals surface area contributed by atoms with E-state index in [9.17, 15) is 0 Å². The second-order valence-electron chi connectivity index (χ2n) is 4.99. The minimum absolute atomic E-state index is 0.0860. The molecule has 0 aliphatic heterocycles. The van der Waals surface area contributed by atoms with Crippen molar-refractivity contribution in [1.82, 2.24) is 0 Å². The van der Waals surface area contributed by atoms with Crippen LogP contribution in [-0.4, -0.2) is 25.4 Å². The van der Waals surface area contributed by atoms with E-state index in [2.05, 4.69) is 22.3 Å². The van der Waals surface area contributed by atoms with Gasteiger partial charge in [-0.1, -0.05) is 30.3 Å². The molecule has 0 aliphatic rings. The maximum Gasteiger partial charge on any atom is 0.211 e. The van der Waals surface area contributed by atoms with E-state index in [1.165, 1.54) is 5.56 Å². The van der Waals surface area contributed by atoms with E-state index in [4.69, 9.17) is 20.9 Å². The Balaban J connectivity index is 2.03. The highest BCUT2D eigenvalue weighted by Crippen LogP contribution is 2.28. The van der Waals surface area contributed by atoms with E-state index < -0.39 is 0 Å². The minimum atomic E-state index is -0.0860. The van der Waals surface area contributed by atoms with Crippen molar-refractivity contribution in [1.29, 1.82) is 0 Å². The van der Waals surface area contributed by atoms with Gasteiger partial charge >= 0.3 is 0 Å². The van der Waals surface area contributed by atoms with Crippen LogP contribution >= 0.6 is 0 Å². The van der Waals surface area contributed by atoms with Gasteiger partial charge < -0.3 is 20.9 Å². The first-order chi connectivity index (χ1) is 11.7. The average Bonchev–Trinajstić information content (AvgIpc) is 2.57. The lowest BCUT2D eigenvalue weighted by Gasteiger charge is -2.12. The Kier molecular flexibility index (Phi) is 6.64. The summed E-state index contributed by atoms with van der Waals surface area (Å²) in [6.07, 6.45) is 2.39. The molecule has 0 amide bonds. The third kappa shape index (κ3) is 5.64. The zero-order valence-corrected chi connectivity index (χ0v) is 13.7. The Morgan fingerprint density at radius 2 is 1.83 bits per heavy atom. The molecule has 24 heavy (non-hydrogen) atoms. The molecule has 0 saturated heterocycles. The molecule has 0 heterocycles. The highest BCUT2D eigenvalue weighted by atomic mass is 16.5. The summed E-state index contributed by atoms with van der Waals surface area (Å²) >= 11 is 0. The normalized spacial score (nSPS) is 10.5. The predicted molar refractivity (Wildman–Crippen MR) is 96.7 cm³/mol. The summed E-state index contributed by atoms with van der Waals surface area (Å²) in [6.45, 7) is 3.04. The van der Waals surface area contributed by atoms with Gasteiger partial charge in [0.1, 0.15) is 0 Å². The second kappa shape index (κ2) is 9.19. The fraction of sp³-hybridized carbons (Fsp3) is 0.222. The van der Waals surface area contributed by atoms with Crippen molar-refractivity contribution in [2.75, 3.05) is 13.2 Å². The first-order valence-corrected chi connectivity index (χ1v) is 7.74. The van der Waals surface area contributed by atoms with Crippen molar-refractivity contribution in [2.45, 2.75) is 13.3 Å². The molecule has 0 radical (unpaired) electrons. The Morgan fingerprint density at radius 3 is 2.54 bits per heavy atom. The Hall–Kier alpha value is -3.02. The molecule has 0 saturated carbocycles. The van der Waals surface area contributed by atoms with Crippen LogP contribution in [0, 0.1) is 0 Å². The lowest BCUT2D eigenvalue weighted by Crippen LogP contribution is -2.21. The second-order valence-corrected chi connectivity index (χ2v) is 4.99. The van der Waals surface area contributed by atoms with Gasteiger partial charge in [-0.2, -0.15) is 5.10 Å². The third-order valence-electron chi connectivity index (χ3n) is 3.14. The number of nitrogens with two attached hydrogens (primary N) is 2. The van der Waals surface area contributed by atoms with Crippen molar-refractivity contribution in [2.24, 2.45) is 21.7 Å². The van der Waals surface area contributed by atoms with E-state index >= 15 is 0 Å². The SMILES string of the molecule is CCOc1cc(/C=N/N=C(N)N)ccc1OCCc1ccccc1. The smallest absolute Gasteiger partial charge is 0.211 e. The molecule has 2 aromatic rings. The number of hydrogen-bond donors (Lipinski definition) is 2. The van der Waals surface area contributed by atoms with Gasteiger partial charge in [0.05, 0.1) is 19.4 Å². The summed E-state index contributed by atoms with van der Waals surface area (Å²) in [4.78, 5) is 0. The van der Waals surface area contributed by atoms with E-state index in [0.717, 1.165) is 12.0 Å². The van der Waals surface area contributed by atoms with Crippen LogP contribution in [-0.2, 0) is 6.42 Å². The molecular weight excluding hydrogens is 304 g/mol. The topological polar surface area (TPSA) is 95.2 Å². The number of ether oxygens (including phenoxy) is 2. The Labute approximate surface area is 141 Å². The predicted octanol–water partition coefficient (Wildman–Crippen LogP) is 2.31. The molecule has 0 aliphatic carbocycles. The van der Waals surface area contributed by atoms with Crippen LogP contribution in [0.2, 0.25) is 0 Å². The van der Waals surface area contributed by atoms with E-state index in [0.29, 0.717) is 24.7 Å². The molecule has 0 unspecified atom stereocenters. The number of nitrogens with zero attached hydrogens (tertiary/aromatic N) is 2. The molecule has 0 fully saturated rings. The molecule has 4 N–H and O–H groups in total. The van der Waals surface area contributed by atoms with Crippen molar-refractivity contribution in [3.8, 4) is 11.5 Å². The average molecular weight is 326 g/mol. The number of benzene rings is 2. The number of rotatable bonds is 8. The maximum atomic E-state index is 5.85. The first-order valence-electron chi connectivity index (χ1n) is 7.74.